The zero-order chi connectivity index (χ0) is 21.5. The number of carbonyl (C=O) groups excluding carboxylic acids is 1. The quantitative estimate of drug-likeness (QED) is 0.679. The van der Waals surface area contributed by atoms with Crippen molar-refractivity contribution in [3.05, 3.63) is 59.7 Å². The fourth-order valence-corrected chi connectivity index (χ4v) is 3.79. The van der Waals surface area contributed by atoms with Crippen molar-refractivity contribution in [3.63, 3.8) is 0 Å². The van der Waals surface area contributed by atoms with Gasteiger partial charge in [-0.1, -0.05) is 38.1 Å². The molecule has 1 aliphatic heterocycles. The molecule has 0 spiro atoms. The minimum atomic E-state index is -0.297. The van der Waals surface area contributed by atoms with Gasteiger partial charge in [0.25, 0.3) is 0 Å². The SMILES string of the molecule is CC(C)Cc1ccc(C(C)NC(C)C(=O)Nc2ccc(N3CCOCC3)cc2)cc1. The van der Waals surface area contributed by atoms with Crippen molar-refractivity contribution in [1.82, 2.24) is 5.32 Å². The molecule has 0 aromatic heterocycles. The van der Waals surface area contributed by atoms with E-state index >= 15 is 0 Å². The molecule has 2 aromatic carbocycles. The van der Waals surface area contributed by atoms with Crippen molar-refractivity contribution in [2.45, 2.75) is 46.2 Å². The first-order valence-corrected chi connectivity index (χ1v) is 11.0. The van der Waals surface area contributed by atoms with Crippen LogP contribution in [0.15, 0.2) is 48.5 Å². The second-order valence-electron chi connectivity index (χ2n) is 8.59. The van der Waals surface area contributed by atoms with E-state index < -0.39 is 0 Å². The van der Waals surface area contributed by atoms with E-state index in [1.165, 1.54) is 11.1 Å². The second kappa shape index (κ2) is 10.6. The highest BCUT2D eigenvalue weighted by molar-refractivity contribution is 5.94. The number of hydrogen-bond acceptors (Lipinski definition) is 4. The van der Waals surface area contributed by atoms with Gasteiger partial charge in [0.1, 0.15) is 0 Å². The van der Waals surface area contributed by atoms with Gasteiger partial charge in [-0.2, -0.15) is 0 Å². The number of rotatable bonds is 8. The van der Waals surface area contributed by atoms with Crippen LogP contribution in [-0.2, 0) is 16.0 Å². The average Bonchev–Trinajstić information content (AvgIpc) is 2.75. The average molecular weight is 410 g/mol. The Kier molecular flexibility index (Phi) is 7.88. The van der Waals surface area contributed by atoms with Crippen molar-refractivity contribution in [2.75, 3.05) is 36.5 Å². The number of hydrogen-bond donors (Lipinski definition) is 2. The van der Waals surface area contributed by atoms with Crippen LogP contribution in [0.5, 0.6) is 0 Å². The number of nitrogens with zero attached hydrogens (tertiary/aromatic N) is 1. The Hall–Kier alpha value is -2.37. The number of morpholine rings is 1. The fourth-order valence-electron chi connectivity index (χ4n) is 3.79. The van der Waals surface area contributed by atoms with Gasteiger partial charge in [-0.15, -0.1) is 0 Å². The maximum Gasteiger partial charge on any atom is 0.241 e. The van der Waals surface area contributed by atoms with Crippen LogP contribution in [-0.4, -0.2) is 38.3 Å². The summed E-state index contributed by atoms with van der Waals surface area (Å²) in [6.07, 6.45) is 1.09. The molecule has 1 saturated heterocycles. The molecule has 1 amide bonds. The molecule has 0 saturated carbocycles. The minimum absolute atomic E-state index is 0.0302. The lowest BCUT2D eigenvalue weighted by atomic mass is 9.99. The summed E-state index contributed by atoms with van der Waals surface area (Å²) in [5.74, 6) is 0.621. The van der Waals surface area contributed by atoms with Crippen LogP contribution in [0.25, 0.3) is 0 Å². The van der Waals surface area contributed by atoms with E-state index in [-0.39, 0.29) is 18.0 Å². The Balaban J connectivity index is 1.51. The van der Waals surface area contributed by atoms with Gasteiger partial charge in [0.2, 0.25) is 5.91 Å². The summed E-state index contributed by atoms with van der Waals surface area (Å²) in [5.41, 5.74) is 4.53. The Morgan fingerprint density at radius 1 is 0.967 bits per heavy atom. The first-order chi connectivity index (χ1) is 14.4. The Labute approximate surface area is 180 Å². The Morgan fingerprint density at radius 2 is 1.60 bits per heavy atom. The highest BCUT2D eigenvalue weighted by Crippen LogP contribution is 2.20. The maximum absolute atomic E-state index is 12.6. The van der Waals surface area contributed by atoms with Gasteiger partial charge in [-0.05, 0) is 61.6 Å². The van der Waals surface area contributed by atoms with Crippen LogP contribution in [0.2, 0.25) is 0 Å². The molecular weight excluding hydrogens is 374 g/mol. The molecule has 0 radical (unpaired) electrons. The van der Waals surface area contributed by atoms with Crippen LogP contribution in [0.3, 0.4) is 0 Å². The summed E-state index contributed by atoms with van der Waals surface area (Å²) in [7, 11) is 0. The van der Waals surface area contributed by atoms with E-state index in [9.17, 15) is 4.79 Å². The Bertz CT molecular complexity index is 796. The zero-order valence-electron chi connectivity index (χ0n) is 18.7. The molecule has 5 heteroatoms. The summed E-state index contributed by atoms with van der Waals surface area (Å²) >= 11 is 0. The number of benzene rings is 2. The molecule has 0 bridgehead atoms. The third-order valence-corrected chi connectivity index (χ3v) is 5.53. The molecule has 1 fully saturated rings. The van der Waals surface area contributed by atoms with E-state index in [0.717, 1.165) is 44.1 Å². The second-order valence-corrected chi connectivity index (χ2v) is 8.59. The fraction of sp³-hybridized carbons (Fsp3) is 0.480. The van der Waals surface area contributed by atoms with Crippen LogP contribution in [0.4, 0.5) is 11.4 Å². The topological polar surface area (TPSA) is 53.6 Å². The van der Waals surface area contributed by atoms with E-state index in [1.807, 2.05) is 19.1 Å². The van der Waals surface area contributed by atoms with Crippen molar-refractivity contribution in [2.24, 2.45) is 5.92 Å². The van der Waals surface area contributed by atoms with E-state index in [0.29, 0.717) is 5.92 Å². The molecule has 1 heterocycles. The van der Waals surface area contributed by atoms with Crippen LogP contribution >= 0.6 is 0 Å². The standard InChI is InChI=1S/C25H35N3O2/c1-18(2)17-21-5-7-22(8-6-21)19(3)26-20(4)25(29)27-23-9-11-24(12-10-23)28-13-15-30-16-14-28/h5-12,18-20,26H,13-17H2,1-4H3,(H,27,29). The van der Waals surface area contributed by atoms with Crippen LogP contribution < -0.4 is 15.5 Å². The molecule has 2 N–H and O–H groups in total. The lowest BCUT2D eigenvalue weighted by molar-refractivity contribution is -0.117. The number of carbonyl (C=O) groups is 1. The zero-order valence-corrected chi connectivity index (χ0v) is 18.7. The van der Waals surface area contributed by atoms with Crippen molar-refractivity contribution >= 4 is 17.3 Å². The first-order valence-electron chi connectivity index (χ1n) is 11.0. The van der Waals surface area contributed by atoms with Gasteiger partial charge in [-0.25, -0.2) is 0 Å². The highest BCUT2D eigenvalue weighted by atomic mass is 16.5. The highest BCUT2D eigenvalue weighted by Gasteiger charge is 2.17. The monoisotopic (exact) mass is 409 g/mol. The molecule has 2 unspecified atom stereocenters. The van der Waals surface area contributed by atoms with E-state index in [4.69, 9.17) is 4.74 Å². The smallest absolute Gasteiger partial charge is 0.241 e. The molecule has 5 nitrogen and oxygen atoms in total. The number of anilines is 2. The molecule has 1 aliphatic rings. The van der Waals surface area contributed by atoms with Gasteiger partial charge in [0, 0.05) is 30.5 Å². The van der Waals surface area contributed by atoms with Gasteiger partial charge >= 0.3 is 0 Å². The van der Waals surface area contributed by atoms with Crippen LogP contribution in [0.1, 0.15) is 44.9 Å². The van der Waals surface area contributed by atoms with Crippen molar-refractivity contribution in [1.29, 1.82) is 0 Å². The largest absolute Gasteiger partial charge is 0.378 e. The summed E-state index contributed by atoms with van der Waals surface area (Å²) in [5, 5.41) is 6.42. The van der Waals surface area contributed by atoms with Crippen molar-refractivity contribution < 1.29 is 9.53 Å². The Morgan fingerprint density at radius 3 is 2.20 bits per heavy atom. The van der Waals surface area contributed by atoms with E-state index in [2.05, 4.69) is 72.7 Å². The van der Waals surface area contributed by atoms with Gasteiger partial charge in [0.05, 0.1) is 19.3 Å². The number of nitrogens with one attached hydrogen (secondary N) is 2. The molecule has 3 rings (SSSR count). The minimum Gasteiger partial charge on any atom is -0.378 e. The molecular formula is C25H35N3O2. The van der Waals surface area contributed by atoms with Gasteiger partial charge < -0.3 is 15.0 Å². The van der Waals surface area contributed by atoms with Gasteiger partial charge in [-0.3, -0.25) is 10.1 Å². The summed E-state index contributed by atoms with van der Waals surface area (Å²) in [4.78, 5) is 14.9. The van der Waals surface area contributed by atoms with Gasteiger partial charge in [0.15, 0.2) is 0 Å². The van der Waals surface area contributed by atoms with Crippen molar-refractivity contribution in [3.8, 4) is 0 Å². The summed E-state index contributed by atoms with van der Waals surface area (Å²) in [6, 6.07) is 16.5. The molecule has 2 aromatic rings. The predicted octanol–water partition coefficient (Wildman–Crippen LogP) is 4.40. The first kappa shape index (κ1) is 22.3. The normalized spacial score (nSPS) is 16.4. The molecule has 162 valence electrons. The lowest BCUT2D eigenvalue weighted by Gasteiger charge is -2.29. The molecule has 2 atom stereocenters. The van der Waals surface area contributed by atoms with Crippen LogP contribution in [0, 0.1) is 5.92 Å². The summed E-state index contributed by atoms with van der Waals surface area (Å²) in [6.45, 7) is 11.8. The third-order valence-electron chi connectivity index (χ3n) is 5.53. The molecule has 30 heavy (non-hydrogen) atoms. The summed E-state index contributed by atoms with van der Waals surface area (Å²) < 4.78 is 5.40. The van der Waals surface area contributed by atoms with E-state index in [1.54, 1.807) is 0 Å². The number of amides is 1. The number of ether oxygens (including phenoxy) is 1. The third kappa shape index (κ3) is 6.31. The maximum atomic E-state index is 12.6. The molecule has 0 aliphatic carbocycles. The predicted molar refractivity (Wildman–Crippen MR) is 124 cm³/mol. The lowest BCUT2D eigenvalue weighted by Crippen LogP contribution is -2.39.